The van der Waals surface area contributed by atoms with E-state index in [0.29, 0.717) is 16.8 Å². The van der Waals surface area contributed by atoms with Crippen molar-refractivity contribution in [3.8, 4) is 28.1 Å². The Bertz CT molecular complexity index is 1370. The molecule has 0 atom stereocenters. The maximum Gasteiger partial charge on any atom is 0.344 e. The Morgan fingerprint density at radius 1 is 0.862 bits per heavy atom. The molecule has 2 aromatic heterocycles. The van der Waals surface area contributed by atoms with Crippen LogP contribution in [0, 0.1) is 6.92 Å². The van der Waals surface area contributed by atoms with Crippen LogP contribution in [0.4, 0.5) is 0 Å². The zero-order chi connectivity index (χ0) is 19.8. The van der Waals surface area contributed by atoms with Crippen molar-refractivity contribution >= 4 is 11.0 Å². The normalized spacial score (nSPS) is 11.1. The van der Waals surface area contributed by atoms with Crippen LogP contribution >= 0.6 is 0 Å². The molecule has 0 fully saturated rings. The second-order valence-electron chi connectivity index (χ2n) is 6.92. The largest absolute Gasteiger partial charge is 0.422 e. The van der Waals surface area contributed by atoms with Crippen molar-refractivity contribution in [2.24, 2.45) is 0 Å². The van der Waals surface area contributed by atoms with Crippen LogP contribution in [-0.2, 0) is 0 Å². The van der Waals surface area contributed by atoms with E-state index in [9.17, 15) is 4.79 Å². The highest BCUT2D eigenvalue weighted by Gasteiger charge is 2.11. The molecule has 0 spiro atoms. The zero-order valence-electron chi connectivity index (χ0n) is 15.7. The van der Waals surface area contributed by atoms with E-state index in [4.69, 9.17) is 4.42 Å². The summed E-state index contributed by atoms with van der Waals surface area (Å²) in [5, 5.41) is 9.78. The van der Waals surface area contributed by atoms with Gasteiger partial charge < -0.3 is 4.42 Å². The second-order valence-corrected chi connectivity index (χ2v) is 6.92. The van der Waals surface area contributed by atoms with Gasteiger partial charge in [-0.1, -0.05) is 60.2 Å². The van der Waals surface area contributed by atoms with Crippen LogP contribution in [0.3, 0.4) is 0 Å². The highest BCUT2D eigenvalue weighted by molar-refractivity contribution is 5.85. The van der Waals surface area contributed by atoms with Gasteiger partial charge in [0.05, 0.1) is 17.4 Å². The van der Waals surface area contributed by atoms with E-state index in [1.807, 2.05) is 85.8 Å². The molecular formula is C24H17N3O2. The molecule has 0 N–H and O–H groups in total. The summed E-state index contributed by atoms with van der Waals surface area (Å²) in [6.07, 6.45) is 1.71. The molecule has 5 heteroatoms. The molecule has 0 saturated heterocycles. The molecule has 5 rings (SSSR count). The van der Waals surface area contributed by atoms with Crippen LogP contribution in [0.1, 0.15) is 5.56 Å². The lowest BCUT2D eigenvalue weighted by Crippen LogP contribution is -2.02. The van der Waals surface area contributed by atoms with Crippen molar-refractivity contribution in [1.82, 2.24) is 15.0 Å². The minimum Gasteiger partial charge on any atom is -0.422 e. The Hall–Kier alpha value is -3.99. The molecule has 0 unspecified atom stereocenters. The van der Waals surface area contributed by atoms with Gasteiger partial charge in [0.15, 0.2) is 0 Å². The lowest BCUT2D eigenvalue weighted by molar-refractivity contribution is 0.563. The lowest BCUT2D eigenvalue weighted by Gasteiger charge is -2.04. The van der Waals surface area contributed by atoms with E-state index in [-0.39, 0.29) is 5.63 Å². The van der Waals surface area contributed by atoms with Gasteiger partial charge in [-0.05, 0) is 36.8 Å². The molecule has 5 nitrogen and oxygen atoms in total. The van der Waals surface area contributed by atoms with Gasteiger partial charge in [0.1, 0.15) is 11.3 Å². The Morgan fingerprint density at radius 3 is 2.45 bits per heavy atom. The predicted molar refractivity (Wildman–Crippen MR) is 113 cm³/mol. The zero-order valence-corrected chi connectivity index (χ0v) is 15.7. The van der Waals surface area contributed by atoms with Crippen molar-refractivity contribution < 1.29 is 4.42 Å². The van der Waals surface area contributed by atoms with E-state index in [0.717, 1.165) is 22.2 Å². The van der Waals surface area contributed by atoms with Gasteiger partial charge in [-0.3, -0.25) is 0 Å². The average molecular weight is 379 g/mol. The van der Waals surface area contributed by atoms with Crippen molar-refractivity contribution in [3.05, 3.63) is 101 Å². The smallest absolute Gasteiger partial charge is 0.344 e. The van der Waals surface area contributed by atoms with Crippen LogP contribution < -0.4 is 5.63 Å². The summed E-state index contributed by atoms with van der Waals surface area (Å²) in [6, 6.07) is 25.1. The minimum atomic E-state index is -0.357. The summed E-state index contributed by atoms with van der Waals surface area (Å²) >= 11 is 0. The Labute approximate surface area is 166 Å². The molecule has 2 heterocycles. The highest BCUT2D eigenvalue weighted by Crippen LogP contribution is 2.25. The molecule has 0 bridgehead atoms. The van der Waals surface area contributed by atoms with Crippen molar-refractivity contribution in [2.75, 3.05) is 0 Å². The Kier molecular flexibility index (Phi) is 4.06. The highest BCUT2D eigenvalue weighted by atomic mass is 16.4. The third-order valence-electron chi connectivity index (χ3n) is 4.87. The summed E-state index contributed by atoms with van der Waals surface area (Å²) in [5.74, 6) is 0. The molecule has 0 aliphatic heterocycles. The first-order valence-electron chi connectivity index (χ1n) is 9.30. The average Bonchev–Trinajstić information content (AvgIpc) is 3.24. The molecular weight excluding hydrogens is 362 g/mol. The predicted octanol–water partition coefficient (Wildman–Crippen LogP) is 5.02. The number of rotatable bonds is 3. The summed E-state index contributed by atoms with van der Waals surface area (Å²) in [7, 11) is 0. The third-order valence-corrected chi connectivity index (χ3v) is 4.87. The SMILES string of the molecule is Cc1ccc(-n2ncc(-c3ccc4cc(-c5ccccc5)c(=O)oc4c3)n2)cc1. The van der Waals surface area contributed by atoms with E-state index in [1.54, 1.807) is 11.0 Å². The maximum absolute atomic E-state index is 12.5. The Balaban J connectivity index is 1.54. The molecule has 0 aliphatic rings. The van der Waals surface area contributed by atoms with Gasteiger partial charge in [0.2, 0.25) is 0 Å². The fourth-order valence-corrected chi connectivity index (χ4v) is 3.29. The summed E-state index contributed by atoms with van der Waals surface area (Å²) in [4.78, 5) is 14.1. The van der Waals surface area contributed by atoms with E-state index < -0.39 is 0 Å². The standard InChI is InChI=1S/C24H17N3O2/c1-16-7-11-20(12-8-16)27-25-15-22(26-27)18-9-10-19-13-21(17-5-3-2-4-6-17)24(28)29-23(19)14-18/h2-15H,1H3. The number of hydrogen-bond donors (Lipinski definition) is 0. The molecule has 29 heavy (non-hydrogen) atoms. The van der Waals surface area contributed by atoms with Gasteiger partial charge in [0.25, 0.3) is 0 Å². The molecule has 140 valence electrons. The molecule has 3 aromatic carbocycles. The number of nitrogens with zero attached hydrogens (tertiary/aromatic N) is 3. The topological polar surface area (TPSA) is 60.9 Å². The number of benzene rings is 3. The quantitative estimate of drug-likeness (QED) is 0.413. The fraction of sp³-hybridized carbons (Fsp3) is 0.0417. The van der Waals surface area contributed by atoms with Crippen molar-refractivity contribution in [3.63, 3.8) is 0 Å². The van der Waals surface area contributed by atoms with Crippen LogP contribution in [0.5, 0.6) is 0 Å². The first kappa shape index (κ1) is 17.1. The van der Waals surface area contributed by atoms with Crippen LogP contribution in [0.25, 0.3) is 39.0 Å². The van der Waals surface area contributed by atoms with Crippen LogP contribution in [-0.4, -0.2) is 15.0 Å². The molecule has 0 amide bonds. The Morgan fingerprint density at radius 2 is 1.66 bits per heavy atom. The van der Waals surface area contributed by atoms with E-state index >= 15 is 0 Å². The summed E-state index contributed by atoms with van der Waals surface area (Å²) in [6.45, 7) is 2.04. The number of aryl methyl sites for hydroxylation is 1. The lowest BCUT2D eigenvalue weighted by atomic mass is 10.0. The number of aromatic nitrogens is 3. The molecule has 0 aliphatic carbocycles. The fourth-order valence-electron chi connectivity index (χ4n) is 3.29. The maximum atomic E-state index is 12.5. The summed E-state index contributed by atoms with van der Waals surface area (Å²) < 4.78 is 5.60. The van der Waals surface area contributed by atoms with Crippen LogP contribution in [0.2, 0.25) is 0 Å². The first-order chi connectivity index (χ1) is 14.2. The van der Waals surface area contributed by atoms with E-state index in [2.05, 4.69) is 10.2 Å². The minimum absolute atomic E-state index is 0.357. The van der Waals surface area contributed by atoms with Crippen molar-refractivity contribution in [2.45, 2.75) is 6.92 Å². The second kappa shape index (κ2) is 6.87. The van der Waals surface area contributed by atoms with Gasteiger partial charge in [-0.25, -0.2) is 4.79 Å². The van der Waals surface area contributed by atoms with Gasteiger partial charge >= 0.3 is 5.63 Å². The van der Waals surface area contributed by atoms with E-state index in [1.165, 1.54) is 5.56 Å². The number of hydrogen-bond acceptors (Lipinski definition) is 4. The van der Waals surface area contributed by atoms with Gasteiger partial charge in [0, 0.05) is 10.9 Å². The third kappa shape index (κ3) is 3.23. The van der Waals surface area contributed by atoms with Crippen molar-refractivity contribution in [1.29, 1.82) is 0 Å². The van der Waals surface area contributed by atoms with Gasteiger partial charge in [-0.15, -0.1) is 5.10 Å². The first-order valence-corrected chi connectivity index (χ1v) is 9.30. The molecule has 5 aromatic rings. The summed E-state index contributed by atoms with van der Waals surface area (Å²) in [5.41, 5.74) is 5.18. The van der Waals surface area contributed by atoms with Gasteiger partial charge in [-0.2, -0.15) is 9.90 Å². The monoisotopic (exact) mass is 379 g/mol. The van der Waals surface area contributed by atoms with Crippen LogP contribution in [0.15, 0.2) is 94.3 Å². The number of fused-ring (bicyclic) bond motifs is 1. The molecule has 0 radical (unpaired) electrons. The molecule has 0 saturated carbocycles.